The molecule has 4 aromatic heterocycles. The van der Waals surface area contributed by atoms with E-state index >= 15 is 0 Å². The van der Waals surface area contributed by atoms with Crippen molar-refractivity contribution in [2.24, 2.45) is 0 Å². The van der Waals surface area contributed by atoms with Gasteiger partial charge >= 0.3 is 5.69 Å². The number of anilines is 3. The molecular formula is C37H37N10O6S4+. The molecule has 5 heterocycles. The van der Waals surface area contributed by atoms with Gasteiger partial charge in [0.05, 0.1) is 21.3 Å². The minimum absolute atomic E-state index is 0.0163. The quantitative estimate of drug-likeness (QED) is 0.0713. The molecule has 16 nitrogen and oxygen atoms in total. The molecule has 0 fully saturated rings. The molecule has 0 unspecified atom stereocenters. The van der Waals surface area contributed by atoms with E-state index < -0.39 is 31.4 Å². The summed E-state index contributed by atoms with van der Waals surface area (Å²) in [6.07, 6.45) is 5.62. The van der Waals surface area contributed by atoms with E-state index in [1.54, 1.807) is 36.3 Å². The molecule has 0 aliphatic carbocycles. The van der Waals surface area contributed by atoms with Gasteiger partial charge in [0.15, 0.2) is 10.3 Å². The van der Waals surface area contributed by atoms with E-state index in [1.807, 2.05) is 71.1 Å². The molecule has 2 amide bonds. The first-order valence-corrected chi connectivity index (χ1v) is 21.8. The Morgan fingerprint density at radius 2 is 1.89 bits per heavy atom. The highest BCUT2D eigenvalue weighted by Crippen LogP contribution is 2.32. The lowest BCUT2D eigenvalue weighted by atomic mass is 9.94. The van der Waals surface area contributed by atoms with Gasteiger partial charge in [-0.2, -0.15) is 0 Å². The van der Waals surface area contributed by atoms with E-state index in [-0.39, 0.29) is 23.5 Å². The molecule has 4 N–H and O–H groups in total. The van der Waals surface area contributed by atoms with Gasteiger partial charge in [-0.3, -0.25) is 19.9 Å². The summed E-state index contributed by atoms with van der Waals surface area (Å²) in [5.74, 6) is -0.718. The number of benzene rings is 2. The zero-order valence-corrected chi connectivity index (χ0v) is 33.9. The molecule has 7 rings (SSSR count). The average molecular weight is 846 g/mol. The van der Waals surface area contributed by atoms with Gasteiger partial charge in [-0.05, 0) is 68.9 Å². The molecule has 1 atom stereocenters. The van der Waals surface area contributed by atoms with Crippen molar-refractivity contribution in [1.82, 2.24) is 29.6 Å². The van der Waals surface area contributed by atoms with Crippen LogP contribution in [0, 0.1) is 4.91 Å². The van der Waals surface area contributed by atoms with Crippen molar-refractivity contribution in [2.45, 2.75) is 35.2 Å². The zero-order chi connectivity index (χ0) is 40.1. The third kappa shape index (κ3) is 9.54. The number of nitrogens with one attached hydrogen (secondary N) is 3. The van der Waals surface area contributed by atoms with Crippen LogP contribution in [-0.2, 0) is 23.0 Å². The number of hydrogen-bond acceptors (Lipinski definition) is 15. The van der Waals surface area contributed by atoms with Crippen LogP contribution in [0.3, 0.4) is 0 Å². The van der Waals surface area contributed by atoms with Crippen molar-refractivity contribution < 1.29 is 28.1 Å². The molecular weight excluding hydrogens is 809 g/mol. The smallest absolute Gasteiger partial charge is 0.359 e. The molecule has 20 heteroatoms. The van der Waals surface area contributed by atoms with Crippen LogP contribution in [0.5, 0.6) is 0 Å². The Morgan fingerprint density at radius 1 is 1.07 bits per heavy atom. The predicted octanol–water partition coefficient (Wildman–Crippen LogP) is 5.80. The molecule has 0 spiro atoms. The van der Waals surface area contributed by atoms with Crippen LogP contribution < -0.4 is 20.3 Å². The van der Waals surface area contributed by atoms with E-state index in [2.05, 4.69) is 30.6 Å². The van der Waals surface area contributed by atoms with Gasteiger partial charge in [0.1, 0.15) is 10.6 Å². The number of hydrogen-bond donors (Lipinski definition) is 4. The fourth-order valence-corrected chi connectivity index (χ4v) is 9.64. The Bertz CT molecular complexity index is 2520. The van der Waals surface area contributed by atoms with E-state index in [0.29, 0.717) is 54.1 Å². The van der Waals surface area contributed by atoms with Crippen LogP contribution >= 0.6 is 34.4 Å². The molecule has 294 valence electrons. The molecule has 6 aromatic rings. The number of aromatic nitrogens is 4. The molecule has 0 saturated heterocycles. The number of thioether (sulfide) groups is 1. The van der Waals surface area contributed by atoms with Crippen LogP contribution in [-0.4, -0.2) is 94.2 Å². The largest absolute Gasteiger partial charge is 0.361 e. The second-order valence-electron chi connectivity index (χ2n) is 13.3. The number of pyridine rings is 2. The van der Waals surface area contributed by atoms with Gasteiger partial charge in [0.2, 0.25) is 5.82 Å². The standard InChI is InChI=1S/C37H36N10O6S4/c1-45(2)15-13-24(21-54-25-8-4-3-5-9-25)40-33-31(47(50)51)17-26(18-39-33)57(52,53)44-35(49)30-22-55-37(42-30)46-16-12-23-7-6-10-27(28(23)20-46)34(48)43-36-41-29-11-14-38-19-32(29)56-36/h3-11,14,17-19,22,24H,12-13,15-16,20-21H2,1-2H3,(H3-,38,39,40,41,43,44,48,49,50,51)/p+1/t24-/m1/s1. The Kier molecular flexibility index (Phi) is 12.0. The van der Waals surface area contributed by atoms with Crippen molar-refractivity contribution in [3.8, 4) is 0 Å². The van der Waals surface area contributed by atoms with Gasteiger partial charge in [0, 0.05) is 59.2 Å². The molecule has 2 aromatic carbocycles. The maximum Gasteiger partial charge on any atom is 0.359 e. The minimum Gasteiger partial charge on any atom is -0.361 e. The van der Waals surface area contributed by atoms with Crippen LogP contribution in [0.25, 0.3) is 10.2 Å². The number of amides is 2. The third-order valence-corrected chi connectivity index (χ3v) is 13.3. The fourth-order valence-electron chi connectivity index (χ4n) is 6.06. The molecule has 0 bridgehead atoms. The van der Waals surface area contributed by atoms with Crippen LogP contribution in [0.4, 0.5) is 21.8 Å². The van der Waals surface area contributed by atoms with Crippen LogP contribution in [0.15, 0.2) is 94.4 Å². The van der Waals surface area contributed by atoms with E-state index in [9.17, 15) is 28.1 Å². The number of carbonyl (C=O) groups is 2. The van der Waals surface area contributed by atoms with Crippen molar-refractivity contribution >= 4 is 88.3 Å². The SMILES string of the molecule is CN(C)CC[C@H](CSc1ccccc1)Nc1ncc(S(=O)(=O)NC(=O)c2csc(N3CCc4cccc(C(=O)Nc5nc6ccncc6s5)c4C3)n2)cc1[N+](=O)O. The number of rotatable bonds is 15. The van der Waals surface area contributed by atoms with Gasteiger partial charge < -0.3 is 15.1 Å². The third-order valence-electron chi connectivity index (χ3n) is 8.97. The second kappa shape index (κ2) is 17.3. The lowest BCUT2D eigenvalue weighted by molar-refractivity contribution is -0.729. The van der Waals surface area contributed by atoms with Crippen LogP contribution in [0.1, 0.15) is 38.4 Å². The van der Waals surface area contributed by atoms with Gasteiger partial charge in [-0.25, -0.2) is 33.3 Å². The topological polar surface area (TPSA) is 203 Å². The average Bonchev–Trinajstić information content (AvgIpc) is 3.86. The molecule has 0 radical (unpaired) electrons. The number of carbonyl (C=O) groups excluding carboxylic acids is 2. The molecule has 1 aliphatic rings. The Balaban J connectivity index is 1.02. The van der Waals surface area contributed by atoms with Gasteiger partial charge in [-0.15, -0.1) is 23.1 Å². The van der Waals surface area contributed by atoms with Crippen molar-refractivity contribution in [2.75, 3.05) is 48.5 Å². The minimum atomic E-state index is -4.56. The van der Waals surface area contributed by atoms with E-state index in [1.165, 1.54) is 16.7 Å². The van der Waals surface area contributed by atoms with Crippen molar-refractivity contribution in [3.63, 3.8) is 0 Å². The summed E-state index contributed by atoms with van der Waals surface area (Å²) < 4.78 is 29.7. The maximum absolute atomic E-state index is 13.5. The lowest BCUT2D eigenvalue weighted by Crippen LogP contribution is -2.33. The van der Waals surface area contributed by atoms with Crippen molar-refractivity contribution in [1.29, 1.82) is 0 Å². The normalized spacial score (nSPS) is 13.3. The number of nitrogens with zero attached hydrogens (tertiary/aromatic N) is 7. The predicted molar refractivity (Wildman–Crippen MR) is 220 cm³/mol. The second-order valence-corrected chi connectivity index (χ2v) is 17.9. The lowest BCUT2D eigenvalue weighted by Gasteiger charge is -2.29. The summed E-state index contributed by atoms with van der Waals surface area (Å²) in [5.41, 5.74) is 2.47. The van der Waals surface area contributed by atoms with E-state index in [0.717, 1.165) is 49.8 Å². The summed E-state index contributed by atoms with van der Waals surface area (Å²) >= 11 is 4.09. The number of thiazole rings is 2. The summed E-state index contributed by atoms with van der Waals surface area (Å²) in [7, 11) is -0.683. The van der Waals surface area contributed by atoms with E-state index in [4.69, 9.17) is 0 Å². The first-order valence-electron chi connectivity index (χ1n) is 17.6. The zero-order valence-electron chi connectivity index (χ0n) is 30.7. The van der Waals surface area contributed by atoms with Crippen molar-refractivity contribution in [3.05, 3.63) is 112 Å². The first kappa shape index (κ1) is 39.7. The maximum atomic E-state index is 13.5. The van der Waals surface area contributed by atoms with Crippen LogP contribution in [0.2, 0.25) is 0 Å². The first-order chi connectivity index (χ1) is 27.4. The number of fused-ring (bicyclic) bond motifs is 2. The molecule has 57 heavy (non-hydrogen) atoms. The summed E-state index contributed by atoms with van der Waals surface area (Å²) in [6, 6.07) is 17.9. The number of sulfonamides is 1. The monoisotopic (exact) mass is 845 g/mol. The Labute approximate surface area is 340 Å². The van der Waals surface area contributed by atoms with Gasteiger partial charge in [0.25, 0.3) is 26.8 Å². The molecule has 1 aliphatic heterocycles. The fraction of sp³-hybridized carbons (Fsp3) is 0.243. The molecule has 0 saturated carbocycles. The Morgan fingerprint density at radius 3 is 2.67 bits per heavy atom. The summed E-state index contributed by atoms with van der Waals surface area (Å²) in [6.45, 7) is 1.60. The Hall–Kier alpha value is -5.54. The summed E-state index contributed by atoms with van der Waals surface area (Å²) in [4.78, 5) is 60.2. The highest BCUT2D eigenvalue weighted by atomic mass is 32.2. The summed E-state index contributed by atoms with van der Waals surface area (Å²) in [5, 5.41) is 18.4. The van der Waals surface area contributed by atoms with Gasteiger partial charge in [-0.1, -0.05) is 41.7 Å². The highest BCUT2D eigenvalue weighted by molar-refractivity contribution is 7.99. The highest BCUT2D eigenvalue weighted by Gasteiger charge is 2.30.